The highest BCUT2D eigenvalue weighted by molar-refractivity contribution is 7.91. The highest BCUT2D eigenvalue weighted by Crippen LogP contribution is 2.43. The third kappa shape index (κ3) is 5.78. The van der Waals surface area contributed by atoms with Crippen LogP contribution in [0.25, 0.3) is 22.3 Å². The fourth-order valence-electron chi connectivity index (χ4n) is 8.77. The van der Waals surface area contributed by atoms with Crippen molar-refractivity contribution in [3.8, 4) is 11.4 Å². The quantitative estimate of drug-likeness (QED) is 0.199. The Hall–Kier alpha value is -4.03. The molecule has 1 saturated carbocycles. The summed E-state index contributed by atoms with van der Waals surface area (Å²) in [5, 5.41) is 10.2. The number of hydrogen-bond acceptors (Lipinski definition) is 9. The Labute approximate surface area is 301 Å². The van der Waals surface area contributed by atoms with Gasteiger partial charge in [-0.15, -0.1) is 0 Å². The molecule has 0 spiro atoms. The van der Waals surface area contributed by atoms with Crippen molar-refractivity contribution in [3.05, 3.63) is 70.7 Å². The monoisotopic (exact) mass is 710 g/mol. The number of ether oxygens (including phenoxy) is 1. The number of nitrogens with zero attached hydrogens (tertiary/aromatic N) is 8. The molecule has 2 aliphatic heterocycles. The van der Waals surface area contributed by atoms with Gasteiger partial charge in [0.2, 0.25) is 0 Å². The van der Waals surface area contributed by atoms with Crippen LogP contribution in [0.4, 0.5) is 11.6 Å². The van der Waals surface area contributed by atoms with Gasteiger partial charge in [-0.25, -0.2) is 23.1 Å². The summed E-state index contributed by atoms with van der Waals surface area (Å²) in [6, 6.07) is 8.00. The van der Waals surface area contributed by atoms with Crippen LogP contribution in [-0.2, 0) is 34.3 Å². The zero-order valence-electron chi connectivity index (χ0n) is 31.0. The predicted molar refractivity (Wildman–Crippen MR) is 202 cm³/mol. The predicted octanol–water partition coefficient (Wildman–Crippen LogP) is 6.63. The molecule has 8 rings (SSSR count). The summed E-state index contributed by atoms with van der Waals surface area (Å²) >= 11 is 0. The minimum absolute atomic E-state index is 0.0789. The minimum Gasteiger partial charge on any atom is -0.381 e. The van der Waals surface area contributed by atoms with Crippen molar-refractivity contribution in [1.82, 2.24) is 28.9 Å². The molecule has 0 bridgehead atoms. The van der Waals surface area contributed by atoms with E-state index in [4.69, 9.17) is 19.8 Å². The zero-order valence-corrected chi connectivity index (χ0v) is 31.8. The van der Waals surface area contributed by atoms with Crippen LogP contribution in [0.15, 0.2) is 53.8 Å². The largest absolute Gasteiger partial charge is 0.381 e. The number of aromatic nitrogens is 6. The van der Waals surface area contributed by atoms with E-state index in [9.17, 15) is 8.42 Å². The van der Waals surface area contributed by atoms with Gasteiger partial charge in [0.05, 0.1) is 29.2 Å². The average Bonchev–Trinajstić information content (AvgIpc) is 3.69. The average molecular weight is 711 g/mol. The molecule has 0 amide bonds. The molecule has 0 N–H and O–H groups in total. The fraction of sp³-hybridized carbons (Fsp3) is 0.538. The lowest BCUT2D eigenvalue weighted by molar-refractivity contribution is -0.00647. The molecule has 1 unspecified atom stereocenters. The van der Waals surface area contributed by atoms with Crippen LogP contribution in [0.3, 0.4) is 0 Å². The molecule has 2 fully saturated rings. The van der Waals surface area contributed by atoms with Gasteiger partial charge in [-0.1, -0.05) is 49.3 Å². The Morgan fingerprint density at radius 3 is 2.55 bits per heavy atom. The fourth-order valence-corrected chi connectivity index (χ4v) is 10.5. The van der Waals surface area contributed by atoms with Crippen LogP contribution in [0.5, 0.6) is 0 Å². The summed E-state index contributed by atoms with van der Waals surface area (Å²) in [7, 11) is -2.09. The summed E-state index contributed by atoms with van der Waals surface area (Å²) in [6.45, 7) is 16.4. The Morgan fingerprint density at radius 1 is 1.04 bits per heavy atom. The van der Waals surface area contributed by atoms with Crippen molar-refractivity contribution in [2.75, 3.05) is 36.5 Å². The molecular formula is C39H50N8O3S. The highest BCUT2D eigenvalue weighted by atomic mass is 32.2. The number of methoxy groups -OCH3 is 1. The van der Waals surface area contributed by atoms with Crippen molar-refractivity contribution in [1.29, 1.82) is 0 Å². The van der Waals surface area contributed by atoms with Gasteiger partial charge >= 0.3 is 0 Å². The van der Waals surface area contributed by atoms with Crippen LogP contribution >= 0.6 is 0 Å². The van der Waals surface area contributed by atoms with E-state index in [0.29, 0.717) is 30.2 Å². The first-order chi connectivity index (χ1) is 24.3. The van der Waals surface area contributed by atoms with Crippen molar-refractivity contribution < 1.29 is 13.2 Å². The number of allylic oxidation sites excluding steroid dienone is 3. The van der Waals surface area contributed by atoms with Crippen LogP contribution in [-0.4, -0.2) is 74.9 Å². The Bertz CT molecular complexity index is 2190. The molecule has 1 saturated heterocycles. The van der Waals surface area contributed by atoms with Gasteiger partial charge in [-0.3, -0.25) is 0 Å². The molecule has 5 heterocycles. The standard InChI is InChI=1S/C39H50N8O3S/c1-8-46-35(19-32(43-46)27-12-13-27)44-16-14-31-30(23-44)37(45-17-15-34(50-7)38(4,5)24-45)42-36(41-31)28-10-9-11-33-29(28)22-40-47(33)51(48,49)39(6)20-25(2)18-26(3)21-39/h9-11,18-20,22,27,34H,8,12-17,21,23-24H2,1-7H3/t34-,39?/m1/s1. The van der Waals surface area contributed by atoms with Crippen LogP contribution in [0, 0.1) is 5.41 Å². The molecule has 4 aliphatic rings. The number of anilines is 2. The molecule has 270 valence electrons. The van der Waals surface area contributed by atoms with E-state index >= 15 is 0 Å². The second-order valence-electron chi connectivity index (χ2n) is 16.0. The molecule has 1 aromatic carbocycles. The molecule has 2 atom stereocenters. The number of hydrogen-bond donors (Lipinski definition) is 0. The number of fused-ring (bicyclic) bond motifs is 2. The van der Waals surface area contributed by atoms with E-state index < -0.39 is 14.8 Å². The van der Waals surface area contributed by atoms with E-state index in [0.717, 1.165) is 78.2 Å². The Balaban J connectivity index is 1.22. The van der Waals surface area contributed by atoms with E-state index in [1.54, 1.807) is 13.1 Å². The third-order valence-electron chi connectivity index (χ3n) is 11.4. The minimum atomic E-state index is -3.89. The van der Waals surface area contributed by atoms with Gasteiger partial charge in [0.25, 0.3) is 10.0 Å². The number of piperidine rings is 1. The summed E-state index contributed by atoms with van der Waals surface area (Å²) in [5.41, 5.74) is 6.60. The summed E-state index contributed by atoms with van der Waals surface area (Å²) in [6.07, 6.45) is 10.2. The maximum atomic E-state index is 14.3. The number of rotatable bonds is 8. The molecule has 4 aromatic rings. The summed E-state index contributed by atoms with van der Waals surface area (Å²) < 4.78 is 36.8. The van der Waals surface area contributed by atoms with E-state index in [1.807, 2.05) is 51.3 Å². The Morgan fingerprint density at radius 2 is 1.84 bits per heavy atom. The Kier molecular flexibility index (Phi) is 8.21. The zero-order chi connectivity index (χ0) is 35.9. The third-order valence-corrected chi connectivity index (χ3v) is 13.6. The lowest BCUT2D eigenvalue weighted by Gasteiger charge is -2.45. The van der Waals surface area contributed by atoms with Gasteiger partial charge in [0, 0.05) is 80.2 Å². The van der Waals surface area contributed by atoms with Gasteiger partial charge in [-0.2, -0.15) is 14.3 Å². The molecule has 51 heavy (non-hydrogen) atoms. The summed E-state index contributed by atoms with van der Waals surface area (Å²) in [5.74, 6) is 3.30. The van der Waals surface area contributed by atoms with Gasteiger partial charge in [0.1, 0.15) is 16.4 Å². The van der Waals surface area contributed by atoms with Crippen LogP contribution < -0.4 is 9.80 Å². The second-order valence-corrected chi connectivity index (χ2v) is 18.2. The van der Waals surface area contributed by atoms with Gasteiger partial charge in [-0.05, 0) is 59.4 Å². The molecule has 2 aliphatic carbocycles. The molecular weight excluding hydrogens is 661 g/mol. The normalized spacial score (nSPS) is 23.7. The maximum Gasteiger partial charge on any atom is 0.263 e. The van der Waals surface area contributed by atoms with Crippen molar-refractivity contribution in [3.63, 3.8) is 0 Å². The van der Waals surface area contributed by atoms with Crippen molar-refractivity contribution in [2.24, 2.45) is 5.41 Å². The van der Waals surface area contributed by atoms with E-state index in [-0.39, 0.29) is 11.5 Å². The first-order valence-corrected chi connectivity index (χ1v) is 19.8. The SMILES string of the molecule is CCn1nc(C2CC2)cc1N1CCc2nc(-c3cccc4c3cnn4S(=O)(=O)C3(C)C=C(C)C=C(C)C3)nc(N3CC[C@@H](OC)C(C)(C)C3)c2C1. The van der Waals surface area contributed by atoms with Crippen molar-refractivity contribution in [2.45, 2.75) is 104 Å². The molecule has 12 heteroatoms. The van der Waals surface area contributed by atoms with E-state index in [2.05, 4.69) is 46.4 Å². The van der Waals surface area contributed by atoms with E-state index in [1.165, 1.54) is 28.4 Å². The maximum absolute atomic E-state index is 14.3. The summed E-state index contributed by atoms with van der Waals surface area (Å²) in [4.78, 5) is 15.5. The number of aryl methyl sites for hydroxylation is 1. The van der Waals surface area contributed by atoms with Crippen LogP contribution in [0.2, 0.25) is 0 Å². The molecule has 3 aromatic heterocycles. The molecule has 0 radical (unpaired) electrons. The lowest BCUT2D eigenvalue weighted by atomic mass is 9.81. The van der Waals surface area contributed by atoms with Gasteiger partial charge in [0.15, 0.2) is 5.82 Å². The first-order valence-electron chi connectivity index (χ1n) is 18.4. The topological polar surface area (TPSA) is 111 Å². The van der Waals surface area contributed by atoms with Crippen LogP contribution in [0.1, 0.15) is 90.1 Å². The number of benzene rings is 1. The first kappa shape index (κ1) is 34.1. The lowest BCUT2D eigenvalue weighted by Crippen LogP contribution is -2.50. The highest BCUT2D eigenvalue weighted by Gasteiger charge is 2.42. The van der Waals surface area contributed by atoms with Gasteiger partial charge < -0.3 is 14.5 Å². The smallest absolute Gasteiger partial charge is 0.263 e. The van der Waals surface area contributed by atoms with Crippen molar-refractivity contribution >= 4 is 32.6 Å². The molecule has 11 nitrogen and oxygen atoms in total. The second kappa shape index (κ2) is 12.3.